The zero-order valence-corrected chi connectivity index (χ0v) is 10.9. The minimum atomic E-state index is -0.913. The first-order chi connectivity index (χ1) is 8.50. The Balaban J connectivity index is 2.36. The van der Waals surface area contributed by atoms with Gasteiger partial charge < -0.3 is 15.7 Å². The summed E-state index contributed by atoms with van der Waals surface area (Å²) in [6, 6.07) is 5.08. The summed E-state index contributed by atoms with van der Waals surface area (Å²) in [6.07, 6.45) is 1.08. The van der Waals surface area contributed by atoms with E-state index in [0.717, 1.165) is 19.5 Å². The average Bonchev–Trinajstić information content (AvgIpc) is 2.32. The number of para-hydroxylation sites is 1. The highest BCUT2D eigenvalue weighted by atomic mass is 16.4. The third-order valence-electron chi connectivity index (χ3n) is 3.95. The van der Waals surface area contributed by atoms with E-state index in [0.29, 0.717) is 28.8 Å². The van der Waals surface area contributed by atoms with Crippen molar-refractivity contribution in [1.82, 2.24) is 0 Å². The van der Waals surface area contributed by atoms with Gasteiger partial charge in [0.1, 0.15) is 0 Å². The van der Waals surface area contributed by atoms with Crippen LogP contribution in [0.5, 0.6) is 0 Å². The lowest BCUT2D eigenvalue weighted by molar-refractivity contribution is 0.0697. The van der Waals surface area contributed by atoms with Gasteiger partial charge in [-0.3, -0.25) is 0 Å². The molecule has 4 heteroatoms. The fraction of sp³-hybridized carbons (Fsp3) is 0.500. The van der Waals surface area contributed by atoms with E-state index in [1.165, 1.54) is 0 Å². The van der Waals surface area contributed by atoms with Gasteiger partial charge in [0.2, 0.25) is 0 Å². The number of carboxylic acid groups (broad SMARTS) is 1. The molecule has 2 rings (SSSR count). The molecular weight excluding hydrogens is 228 g/mol. The van der Waals surface area contributed by atoms with Crippen molar-refractivity contribution >= 4 is 17.3 Å². The molecule has 1 aliphatic heterocycles. The van der Waals surface area contributed by atoms with Crippen LogP contribution >= 0.6 is 0 Å². The number of carboxylic acids is 1. The molecule has 18 heavy (non-hydrogen) atoms. The van der Waals surface area contributed by atoms with Crippen LogP contribution in [0.1, 0.15) is 30.6 Å². The van der Waals surface area contributed by atoms with E-state index >= 15 is 0 Å². The highest BCUT2D eigenvalue weighted by Gasteiger charge is 2.26. The fourth-order valence-corrected chi connectivity index (χ4v) is 2.55. The number of hydrogen-bond donors (Lipinski definition) is 2. The number of anilines is 2. The number of hydrogen-bond acceptors (Lipinski definition) is 3. The van der Waals surface area contributed by atoms with Gasteiger partial charge in [0.15, 0.2) is 0 Å². The van der Waals surface area contributed by atoms with Crippen LogP contribution in [-0.4, -0.2) is 24.2 Å². The largest absolute Gasteiger partial charge is 0.478 e. The molecule has 0 spiro atoms. The summed E-state index contributed by atoms with van der Waals surface area (Å²) in [5.41, 5.74) is 7.50. The molecule has 98 valence electrons. The molecule has 1 aromatic rings. The molecule has 0 aromatic heterocycles. The summed E-state index contributed by atoms with van der Waals surface area (Å²) in [6.45, 7) is 6.19. The van der Waals surface area contributed by atoms with Crippen LogP contribution in [0, 0.1) is 11.8 Å². The zero-order chi connectivity index (χ0) is 13.3. The van der Waals surface area contributed by atoms with E-state index in [-0.39, 0.29) is 0 Å². The van der Waals surface area contributed by atoms with Gasteiger partial charge in [-0.25, -0.2) is 4.79 Å². The number of aromatic carboxylic acids is 1. The van der Waals surface area contributed by atoms with E-state index in [4.69, 9.17) is 5.73 Å². The standard InChI is InChI=1S/C14H20N2O2/c1-9-6-7-16(8-10(9)2)13-11(14(17)18)4-3-5-12(13)15/h3-5,9-10H,6-8,15H2,1-2H3,(H,17,18). The summed E-state index contributed by atoms with van der Waals surface area (Å²) in [5, 5.41) is 9.26. The van der Waals surface area contributed by atoms with E-state index in [9.17, 15) is 9.90 Å². The van der Waals surface area contributed by atoms with Gasteiger partial charge in [0, 0.05) is 13.1 Å². The number of piperidine rings is 1. The van der Waals surface area contributed by atoms with Crippen molar-refractivity contribution in [3.63, 3.8) is 0 Å². The number of nitrogens with two attached hydrogens (primary N) is 1. The molecule has 1 fully saturated rings. The van der Waals surface area contributed by atoms with E-state index < -0.39 is 5.97 Å². The Bertz CT molecular complexity index is 459. The molecule has 1 saturated heterocycles. The Morgan fingerprint density at radius 3 is 2.72 bits per heavy atom. The number of rotatable bonds is 2. The minimum absolute atomic E-state index is 0.303. The molecule has 1 heterocycles. The molecule has 0 amide bonds. The number of carbonyl (C=O) groups is 1. The van der Waals surface area contributed by atoms with Crippen molar-refractivity contribution in [1.29, 1.82) is 0 Å². The second-order valence-electron chi connectivity index (χ2n) is 5.24. The first-order valence-electron chi connectivity index (χ1n) is 6.37. The van der Waals surface area contributed by atoms with Crippen LogP contribution in [0.25, 0.3) is 0 Å². The van der Waals surface area contributed by atoms with Crippen LogP contribution in [0.4, 0.5) is 11.4 Å². The molecule has 3 N–H and O–H groups in total. The van der Waals surface area contributed by atoms with E-state index in [2.05, 4.69) is 18.7 Å². The first kappa shape index (κ1) is 12.7. The van der Waals surface area contributed by atoms with Gasteiger partial charge in [-0.15, -0.1) is 0 Å². The van der Waals surface area contributed by atoms with Gasteiger partial charge in [-0.1, -0.05) is 19.9 Å². The SMILES string of the molecule is CC1CCN(c2c(N)cccc2C(=O)O)CC1C. The lowest BCUT2D eigenvalue weighted by Crippen LogP contribution is -2.39. The maximum absolute atomic E-state index is 11.3. The summed E-state index contributed by atoms with van der Waals surface area (Å²) in [5.74, 6) is 0.322. The third kappa shape index (κ3) is 2.28. The Kier molecular flexibility index (Phi) is 3.45. The van der Waals surface area contributed by atoms with Crippen LogP contribution in [0.15, 0.2) is 18.2 Å². The highest BCUT2D eigenvalue weighted by Crippen LogP contribution is 2.33. The van der Waals surface area contributed by atoms with Gasteiger partial charge in [-0.05, 0) is 30.4 Å². The Hall–Kier alpha value is -1.71. The molecule has 0 radical (unpaired) electrons. The highest BCUT2D eigenvalue weighted by molar-refractivity contribution is 5.98. The Labute approximate surface area is 107 Å². The van der Waals surface area contributed by atoms with Crippen LogP contribution < -0.4 is 10.6 Å². The smallest absolute Gasteiger partial charge is 0.337 e. The minimum Gasteiger partial charge on any atom is -0.478 e. The summed E-state index contributed by atoms with van der Waals surface area (Å²) in [4.78, 5) is 13.4. The monoisotopic (exact) mass is 248 g/mol. The van der Waals surface area contributed by atoms with Crippen molar-refractivity contribution in [3.05, 3.63) is 23.8 Å². The quantitative estimate of drug-likeness (QED) is 0.789. The molecule has 0 bridgehead atoms. The maximum atomic E-state index is 11.3. The zero-order valence-electron chi connectivity index (χ0n) is 10.9. The second kappa shape index (κ2) is 4.88. The second-order valence-corrected chi connectivity index (χ2v) is 5.24. The van der Waals surface area contributed by atoms with Crippen LogP contribution in [0.2, 0.25) is 0 Å². The molecule has 2 unspecified atom stereocenters. The van der Waals surface area contributed by atoms with Crippen molar-refractivity contribution < 1.29 is 9.90 Å². The summed E-state index contributed by atoms with van der Waals surface area (Å²) >= 11 is 0. The molecule has 1 aliphatic rings. The van der Waals surface area contributed by atoms with Gasteiger partial charge in [0.25, 0.3) is 0 Å². The van der Waals surface area contributed by atoms with Crippen molar-refractivity contribution in [2.24, 2.45) is 11.8 Å². The number of nitrogens with zero attached hydrogens (tertiary/aromatic N) is 1. The summed E-state index contributed by atoms with van der Waals surface area (Å²) in [7, 11) is 0. The van der Waals surface area contributed by atoms with Gasteiger partial charge in [0.05, 0.1) is 16.9 Å². The molecule has 0 aliphatic carbocycles. The maximum Gasteiger partial charge on any atom is 0.337 e. The van der Waals surface area contributed by atoms with Crippen molar-refractivity contribution in [2.75, 3.05) is 23.7 Å². The lowest BCUT2D eigenvalue weighted by atomic mass is 9.88. The number of benzene rings is 1. The fourth-order valence-electron chi connectivity index (χ4n) is 2.55. The van der Waals surface area contributed by atoms with Crippen molar-refractivity contribution in [2.45, 2.75) is 20.3 Å². The molecule has 1 aromatic carbocycles. The van der Waals surface area contributed by atoms with Crippen molar-refractivity contribution in [3.8, 4) is 0 Å². The predicted octanol–water partition coefficient (Wildman–Crippen LogP) is 2.45. The first-order valence-corrected chi connectivity index (χ1v) is 6.37. The normalized spacial score (nSPS) is 24.0. The lowest BCUT2D eigenvalue weighted by Gasteiger charge is -2.37. The van der Waals surface area contributed by atoms with Crippen LogP contribution in [-0.2, 0) is 0 Å². The van der Waals surface area contributed by atoms with E-state index in [1.54, 1.807) is 18.2 Å². The Morgan fingerprint density at radius 2 is 2.11 bits per heavy atom. The molecule has 0 saturated carbocycles. The van der Waals surface area contributed by atoms with Crippen LogP contribution in [0.3, 0.4) is 0 Å². The predicted molar refractivity (Wildman–Crippen MR) is 73.0 cm³/mol. The third-order valence-corrected chi connectivity index (χ3v) is 3.95. The van der Waals surface area contributed by atoms with E-state index in [1.807, 2.05) is 0 Å². The average molecular weight is 248 g/mol. The number of nitrogen functional groups attached to an aromatic ring is 1. The topological polar surface area (TPSA) is 66.6 Å². The molecule has 2 atom stereocenters. The molecular formula is C14H20N2O2. The Morgan fingerprint density at radius 1 is 1.39 bits per heavy atom. The molecule has 4 nitrogen and oxygen atoms in total. The summed E-state index contributed by atoms with van der Waals surface area (Å²) < 4.78 is 0. The van der Waals surface area contributed by atoms with Gasteiger partial charge in [-0.2, -0.15) is 0 Å². The van der Waals surface area contributed by atoms with Gasteiger partial charge >= 0.3 is 5.97 Å².